The minimum Gasteiger partial charge on any atom is -0.301 e. The van der Waals surface area contributed by atoms with Crippen molar-refractivity contribution in [2.24, 2.45) is 0 Å². The van der Waals surface area contributed by atoms with Crippen LogP contribution < -0.4 is 5.32 Å². The maximum absolute atomic E-state index is 12.3. The number of halogens is 1. The lowest BCUT2D eigenvalue weighted by atomic mass is 10.1. The molecule has 0 aliphatic carbocycles. The molecular formula is C21H16ClN3OS3. The summed E-state index contributed by atoms with van der Waals surface area (Å²) in [6.07, 6.45) is 0. The first kappa shape index (κ1) is 20.1. The summed E-state index contributed by atoms with van der Waals surface area (Å²) in [6, 6.07) is 15.7. The first-order chi connectivity index (χ1) is 14.1. The average molecular weight is 458 g/mol. The van der Waals surface area contributed by atoms with E-state index in [0.29, 0.717) is 10.2 Å². The van der Waals surface area contributed by atoms with E-state index in [-0.39, 0.29) is 11.7 Å². The monoisotopic (exact) mass is 457 g/mol. The topological polar surface area (TPSA) is 54.9 Å². The number of nitrogens with zero attached hydrogens (tertiary/aromatic N) is 2. The Morgan fingerprint density at radius 2 is 1.59 bits per heavy atom. The number of aromatic nitrogens is 2. The molecule has 2 aromatic heterocycles. The molecule has 0 aliphatic heterocycles. The van der Waals surface area contributed by atoms with Gasteiger partial charge in [-0.3, -0.25) is 4.79 Å². The normalized spacial score (nSPS) is 10.8. The molecule has 0 radical (unpaired) electrons. The summed E-state index contributed by atoms with van der Waals surface area (Å²) in [7, 11) is 0. The summed E-state index contributed by atoms with van der Waals surface area (Å²) in [6.45, 7) is 2.05. The van der Waals surface area contributed by atoms with Gasteiger partial charge in [0.05, 0.1) is 17.1 Å². The Balaban J connectivity index is 1.33. The van der Waals surface area contributed by atoms with Crippen molar-refractivity contribution in [1.29, 1.82) is 0 Å². The molecular weight excluding hydrogens is 442 g/mol. The summed E-state index contributed by atoms with van der Waals surface area (Å²) in [4.78, 5) is 21.4. The Morgan fingerprint density at radius 1 is 0.966 bits per heavy atom. The highest BCUT2D eigenvalue weighted by atomic mass is 35.5. The zero-order valence-electron chi connectivity index (χ0n) is 15.4. The van der Waals surface area contributed by atoms with Crippen LogP contribution in [0.25, 0.3) is 22.5 Å². The molecule has 4 aromatic rings. The highest BCUT2D eigenvalue weighted by Gasteiger charge is 2.11. The van der Waals surface area contributed by atoms with Gasteiger partial charge in [0.1, 0.15) is 0 Å². The number of carbonyl (C=O) groups excluding carboxylic acids is 1. The molecule has 0 aliphatic rings. The number of thiazole rings is 2. The molecule has 0 saturated carbocycles. The van der Waals surface area contributed by atoms with Crippen LogP contribution in [0.3, 0.4) is 0 Å². The van der Waals surface area contributed by atoms with Gasteiger partial charge in [-0.2, -0.15) is 0 Å². The van der Waals surface area contributed by atoms with Gasteiger partial charge in [0, 0.05) is 26.9 Å². The van der Waals surface area contributed by atoms with Gasteiger partial charge in [0.15, 0.2) is 9.47 Å². The third kappa shape index (κ3) is 5.25. The molecule has 2 aromatic carbocycles. The van der Waals surface area contributed by atoms with E-state index in [1.807, 2.05) is 47.2 Å². The number of benzene rings is 2. The minimum absolute atomic E-state index is 0.0944. The molecule has 0 unspecified atom stereocenters. The van der Waals surface area contributed by atoms with E-state index in [0.717, 1.165) is 26.9 Å². The molecule has 0 fully saturated rings. The van der Waals surface area contributed by atoms with Crippen molar-refractivity contribution < 1.29 is 4.79 Å². The van der Waals surface area contributed by atoms with Crippen molar-refractivity contribution in [2.45, 2.75) is 11.3 Å². The van der Waals surface area contributed by atoms with Gasteiger partial charge in [-0.05, 0) is 19.1 Å². The molecule has 1 N–H and O–H groups in total. The summed E-state index contributed by atoms with van der Waals surface area (Å²) < 4.78 is 0.851. The Morgan fingerprint density at radius 3 is 2.31 bits per heavy atom. The molecule has 4 rings (SSSR count). The van der Waals surface area contributed by atoms with Crippen molar-refractivity contribution >= 4 is 57.1 Å². The molecule has 146 valence electrons. The van der Waals surface area contributed by atoms with Gasteiger partial charge in [0.25, 0.3) is 0 Å². The van der Waals surface area contributed by atoms with E-state index < -0.39 is 0 Å². The van der Waals surface area contributed by atoms with Crippen LogP contribution in [0.15, 0.2) is 63.6 Å². The third-order valence-electron chi connectivity index (χ3n) is 4.05. The fourth-order valence-electron chi connectivity index (χ4n) is 2.55. The van der Waals surface area contributed by atoms with E-state index >= 15 is 0 Å². The van der Waals surface area contributed by atoms with Crippen LogP contribution in [0.5, 0.6) is 0 Å². The van der Waals surface area contributed by atoms with Crippen LogP contribution in [0.4, 0.5) is 5.13 Å². The predicted molar refractivity (Wildman–Crippen MR) is 124 cm³/mol. The molecule has 0 atom stereocenters. The van der Waals surface area contributed by atoms with Crippen molar-refractivity contribution in [3.63, 3.8) is 0 Å². The molecule has 1 amide bonds. The number of thioether (sulfide) groups is 1. The number of carbonyl (C=O) groups is 1. The van der Waals surface area contributed by atoms with E-state index in [2.05, 4.69) is 34.3 Å². The van der Waals surface area contributed by atoms with Crippen molar-refractivity contribution in [3.05, 3.63) is 69.9 Å². The van der Waals surface area contributed by atoms with Gasteiger partial charge < -0.3 is 5.32 Å². The van der Waals surface area contributed by atoms with Crippen LogP contribution in [-0.4, -0.2) is 21.6 Å². The molecule has 2 heterocycles. The largest absolute Gasteiger partial charge is 0.301 e. The van der Waals surface area contributed by atoms with Crippen LogP contribution in [0.1, 0.15) is 5.56 Å². The van der Waals surface area contributed by atoms with Crippen molar-refractivity contribution in [1.82, 2.24) is 9.97 Å². The second-order valence-corrected chi connectivity index (χ2v) is 9.62. The summed E-state index contributed by atoms with van der Waals surface area (Å²) in [5.41, 5.74) is 5.01. The number of amides is 1. The molecule has 29 heavy (non-hydrogen) atoms. The number of nitrogens with one attached hydrogen (secondary N) is 1. The number of rotatable bonds is 6. The number of anilines is 1. The van der Waals surface area contributed by atoms with Crippen LogP contribution >= 0.6 is 46.0 Å². The van der Waals surface area contributed by atoms with Gasteiger partial charge in [-0.25, -0.2) is 9.97 Å². The van der Waals surface area contributed by atoms with Gasteiger partial charge in [-0.15, -0.1) is 22.7 Å². The summed E-state index contributed by atoms with van der Waals surface area (Å²) >= 11 is 10.3. The Bertz CT molecular complexity index is 1120. The molecule has 0 saturated heterocycles. The lowest BCUT2D eigenvalue weighted by Gasteiger charge is -2.00. The third-order valence-corrected chi connectivity index (χ3v) is 7.08. The highest BCUT2D eigenvalue weighted by Crippen LogP contribution is 2.29. The maximum Gasteiger partial charge on any atom is 0.236 e. The summed E-state index contributed by atoms with van der Waals surface area (Å²) in [5, 5.41) is 8.10. The molecule has 8 heteroatoms. The van der Waals surface area contributed by atoms with Gasteiger partial charge >= 0.3 is 0 Å². The summed E-state index contributed by atoms with van der Waals surface area (Å²) in [5.74, 6) is 0.190. The average Bonchev–Trinajstić information content (AvgIpc) is 3.37. The number of aryl methyl sites for hydroxylation is 1. The fourth-order valence-corrected chi connectivity index (χ4v) is 5.04. The van der Waals surface area contributed by atoms with E-state index in [1.165, 1.54) is 40.0 Å². The molecule has 0 spiro atoms. The fraction of sp³-hybridized carbons (Fsp3) is 0.0952. The van der Waals surface area contributed by atoms with E-state index in [9.17, 15) is 4.79 Å². The molecule has 4 nitrogen and oxygen atoms in total. The Kier molecular flexibility index (Phi) is 6.30. The SMILES string of the molecule is Cc1ccc(-c2csc(NC(=O)CSc3nc(-c4ccc(Cl)cc4)cs3)n2)cc1. The van der Waals surface area contributed by atoms with Crippen molar-refractivity contribution in [3.8, 4) is 22.5 Å². The smallest absolute Gasteiger partial charge is 0.236 e. The van der Waals surface area contributed by atoms with Crippen LogP contribution in [0.2, 0.25) is 5.02 Å². The van der Waals surface area contributed by atoms with Crippen molar-refractivity contribution in [2.75, 3.05) is 11.1 Å². The first-order valence-electron chi connectivity index (χ1n) is 8.73. The van der Waals surface area contributed by atoms with E-state index in [4.69, 9.17) is 11.6 Å². The molecule has 0 bridgehead atoms. The Hall–Kier alpha value is -2.19. The maximum atomic E-state index is 12.3. The van der Waals surface area contributed by atoms with E-state index in [1.54, 1.807) is 0 Å². The Labute approximate surface area is 186 Å². The highest BCUT2D eigenvalue weighted by molar-refractivity contribution is 8.01. The standard InChI is InChI=1S/C21H16ClN3OS3/c1-13-2-4-14(5-3-13)17-10-27-20(23-17)25-19(26)12-29-21-24-18(11-28-21)15-6-8-16(22)9-7-15/h2-11H,12H2,1H3,(H,23,25,26). The van der Waals surface area contributed by atoms with Crippen LogP contribution in [-0.2, 0) is 4.79 Å². The minimum atomic E-state index is -0.0944. The van der Waals surface area contributed by atoms with Gasteiger partial charge in [0.2, 0.25) is 5.91 Å². The number of hydrogen-bond acceptors (Lipinski definition) is 6. The second kappa shape index (κ2) is 9.09. The zero-order chi connectivity index (χ0) is 20.2. The van der Waals surface area contributed by atoms with Crippen LogP contribution in [0, 0.1) is 6.92 Å². The predicted octanol–water partition coefficient (Wildman–Crippen LogP) is 6.63. The second-order valence-electron chi connectivity index (χ2n) is 6.25. The quantitative estimate of drug-likeness (QED) is 0.330. The first-order valence-corrected chi connectivity index (χ1v) is 11.9. The zero-order valence-corrected chi connectivity index (χ0v) is 18.6. The number of hydrogen-bond donors (Lipinski definition) is 1. The van der Waals surface area contributed by atoms with Gasteiger partial charge in [-0.1, -0.05) is 65.3 Å². The lowest BCUT2D eigenvalue weighted by Crippen LogP contribution is -2.13. The lowest BCUT2D eigenvalue weighted by molar-refractivity contribution is -0.113.